The van der Waals surface area contributed by atoms with Crippen molar-refractivity contribution in [2.75, 3.05) is 11.9 Å². The first kappa shape index (κ1) is 24.6. The molecule has 4 rings (SSSR count). The molecule has 0 saturated carbocycles. The van der Waals surface area contributed by atoms with Crippen LogP contribution in [0.25, 0.3) is 22.5 Å². The lowest BCUT2D eigenvalue weighted by molar-refractivity contribution is -0.137. The molecule has 1 amide bonds. The highest BCUT2D eigenvalue weighted by Crippen LogP contribution is 2.34. The lowest BCUT2D eigenvalue weighted by atomic mass is 10.0. The Morgan fingerprint density at radius 2 is 1.89 bits per heavy atom. The van der Waals surface area contributed by atoms with Crippen molar-refractivity contribution < 1.29 is 27.1 Å². The van der Waals surface area contributed by atoms with Gasteiger partial charge in [-0.2, -0.15) is 18.4 Å². The van der Waals surface area contributed by atoms with Crippen LogP contribution < -0.4 is 15.6 Å². The summed E-state index contributed by atoms with van der Waals surface area (Å²) in [7, 11) is 0. The van der Waals surface area contributed by atoms with Crippen LogP contribution in [-0.2, 0) is 17.4 Å². The van der Waals surface area contributed by atoms with E-state index in [4.69, 9.17) is 4.74 Å². The molecule has 0 radical (unpaired) electrons. The standard InChI is InChI=1S/C23H18F4N6O3/c1-2-36-19-8-15(11-28-22(19)35)12-3-4-13(18(24)7-12)9-20(34)29-17-6-14(21-30-32-33-31-21)5-16(10-17)23(25,26)27/h3-8,10-11H,2,9H2,1H3,(H,28,35)(H,29,34)(H,30,31,32,33). The molecule has 9 nitrogen and oxygen atoms in total. The summed E-state index contributed by atoms with van der Waals surface area (Å²) in [4.78, 5) is 26.8. The number of ether oxygens (including phenoxy) is 1. The number of tetrazole rings is 1. The SMILES string of the molecule is CCOc1cc(-c2ccc(CC(=O)Nc3cc(-c4nn[nH]n4)cc(C(F)(F)F)c3)c(F)c2)c[nH]c1=O. The van der Waals surface area contributed by atoms with Crippen LogP contribution in [0.4, 0.5) is 23.2 Å². The van der Waals surface area contributed by atoms with Crippen LogP contribution in [0, 0.1) is 5.82 Å². The Morgan fingerprint density at radius 1 is 1.08 bits per heavy atom. The van der Waals surface area contributed by atoms with Gasteiger partial charge in [-0.3, -0.25) is 9.59 Å². The van der Waals surface area contributed by atoms with Gasteiger partial charge in [-0.1, -0.05) is 12.1 Å². The van der Waals surface area contributed by atoms with E-state index in [1.54, 1.807) is 13.0 Å². The molecule has 0 bridgehead atoms. The van der Waals surface area contributed by atoms with Crippen LogP contribution in [0.5, 0.6) is 5.75 Å². The number of H-pyrrole nitrogens is 2. The summed E-state index contributed by atoms with van der Waals surface area (Å²) < 4.78 is 60.0. The van der Waals surface area contributed by atoms with Crippen molar-refractivity contribution in [3.8, 4) is 28.3 Å². The van der Waals surface area contributed by atoms with Gasteiger partial charge in [0, 0.05) is 23.0 Å². The summed E-state index contributed by atoms with van der Waals surface area (Å²) in [5.41, 5.74) is -0.687. The van der Waals surface area contributed by atoms with Gasteiger partial charge >= 0.3 is 6.18 Å². The number of nitrogens with zero attached hydrogens (tertiary/aromatic N) is 3. The maximum absolute atomic E-state index is 14.8. The Kier molecular flexibility index (Phi) is 6.81. The van der Waals surface area contributed by atoms with E-state index in [2.05, 4.69) is 30.9 Å². The molecule has 4 aromatic rings. The van der Waals surface area contributed by atoms with E-state index in [1.807, 2.05) is 0 Å². The van der Waals surface area contributed by atoms with Gasteiger partial charge in [0.25, 0.3) is 5.56 Å². The summed E-state index contributed by atoms with van der Waals surface area (Å²) in [5, 5.41) is 15.1. The second-order valence-corrected chi connectivity index (χ2v) is 7.58. The second kappa shape index (κ2) is 9.98. The molecule has 0 aliphatic rings. The van der Waals surface area contributed by atoms with Crippen LogP contribution in [0.3, 0.4) is 0 Å². The number of carbonyl (C=O) groups is 1. The number of anilines is 1. The number of aromatic nitrogens is 5. The minimum absolute atomic E-state index is 0.0169. The van der Waals surface area contributed by atoms with Crippen LogP contribution in [0.1, 0.15) is 18.1 Å². The van der Waals surface area contributed by atoms with Gasteiger partial charge in [0.2, 0.25) is 11.7 Å². The van der Waals surface area contributed by atoms with Gasteiger partial charge in [-0.15, -0.1) is 10.2 Å². The number of benzene rings is 2. The highest BCUT2D eigenvalue weighted by atomic mass is 19.4. The monoisotopic (exact) mass is 502 g/mol. The van der Waals surface area contributed by atoms with Gasteiger partial charge in [0.15, 0.2) is 5.75 Å². The lowest BCUT2D eigenvalue weighted by Gasteiger charge is -2.12. The average Bonchev–Trinajstić information content (AvgIpc) is 3.36. The van der Waals surface area contributed by atoms with Crippen LogP contribution in [0.2, 0.25) is 0 Å². The minimum atomic E-state index is -4.69. The second-order valence-electron chi connectivity index (χ2n) is 7.58. The van der Waals surface area contributed by atoms with E-state index >= 15 is 0 Å². The van der Waals surface area contributed by atoms with Gasteiger partial charge in [0.05, 0.1) is 18.6 Å². The van der Waals surface area contributed by atoms with Crippen molar-refractivity contribution in [1.29, 1.82) is 0 Å². The fourth-order valence-electron chi connectivity index (χ4n) is 3.42. The van der Waals surface area contributed by atoms with Crippen molar-refractivity contribution in [1.82, 2.24) is 25.6 Å². The Labute approximate surface area is 200 Å². The van der Waals surface area contributed by atoms with Crippen LogP contribution >= 0.6 is 0 Å². The Hall–Kier alpha value is -4.55. The molecule has 186 valence electrons. The number of hydrogen-bond acceptors (Lipinski definition) is 6. The molecule has 0 unspecified atom stereocenters. The van der Waals surface area contributed by atoms with Gasteiger partial charge in [-0.25, -0.2) is 4.39 Å². The highest BCUT2D eigenvalue weighted by molar-refractivity contribution is 5.93. The van der Waals surface area contributed by atoms with Gasteiger partial charge < -0.3 is 15.0 Å². The fraction of sp³-hybridized carbons (Fsp3) is 0.174. The zero-order chi connectivity index (χ0) is 25.9. The molecular formula is C23H18F4N6O3. The molecule has 0 saturated heterocycles. The first-order valence-corrected chi connectivity index (χ1v) is 10.5. The van der Waals surface area contributed by atoms with E-state index in [0.717, 1.165) is 12.1 Å². The van der Waals surface area contributed by atoms with Crippen LogP contribution in [0.15, 0.2) is 53.5 Å². The Bertz CT molecular complexity index is 1450. The topological polar surface area (TPSA) is 126 Å². The van der Waals surface area contributed by atoms with E-state index < -0.39 is 35.4 Å². The summed E-state index contributed by atoms with van der Waals surface area (Å²) in [6.07, 6.45) is -3.72. The predicted octanol–water partition coefficient (Wildman–Crippen LogP) is 3.96. The third-order valence-corrected chi connectivity index (χ3v) is 5.05. The third kappa shape index (κ3) is 5.56. The molecule has 0 aliphatic heterocycles. The molecule has 0 atom stereocenters. The molecule has 3 N–H and O–H groups in total. The third-order valence-electron chi connectivity index (χ3n) is 5.05. The molecule has 2 aromatic heterocycles. The van der Waals surface area contributed by atoms with Crippen molar-refractivity contribution in [3.63, 3.8) is 0 Å². The number of alkyl halides is 3. The number of nitrogens with one attached hydrogen (secondary N) is 3. The number of rotatable bonds is 7. The highest BCUT2D eigenvalue weighted by Gasteiger charge is 2.32. The molecule has 13 heteroatoms. The van der Waals surface area contributed by atoms with Crippen molar-refractivity contribution in [2.24, 2.45) is 0 Å². The zero-order valence-electron chi connectivity index (χ0n) is 18.6. The number of carbonyl (C=O) groups excluding carboxylic acids is 1. The van der Waals surface area contributed by atoms with Crippen molar-refractivity contribution >= 4 is 11.6 Å². The number of hydrogen-bond donors (Lipinski definition) is 3. The predicted molar refractivity (Wildman–Crippen MR) is 121 cm³/mol. The molecule has 36 heavy (non-hydrogen) atoms. The van der Waals surface area contributed by atoms with Gasteiger partial charge in [0.1, 0.15) is 5.82 Å². The zero-order valence-corrected chi connectivity index (χ0v) is 18.6. The number of amides is 1. The molecule has 0 aliphatic carbocycles. The largest absolute Gasteiger partial charge is 0.488 e. The number of pyridine rings is 1. The molecule has 2 aromatic carbocycles. The normalized spacial score (nSPS) is 11.4. The maximum Gasteiger partial charge on any atom is 0.416 e. The first-order valence-electron chi connectivity index (χ1n) is 10.5. The number of aromatic amines is 2. The quantitative estimate of drug-likeness (QED) is 0.329. The Morgan fingerprint density at radius 3 is 2.56 bits per heavy atom. The minimum Gasteiger partial charge on any atom is -0.488 e. The summed E-state index contributed by atoms with van der Waals surface area (Å²) in [5.74, 6) is -1.45. The smallest absolute Gasteiger partial charge is 0.416 e. The van der Waals surface area contributed by atoms with Crippen molar-refractivity contribution in [3.05, 3.63) is 76.0 Å². The van der Waals surface area contributed by atoms with Crippen LogP contribution in [-0.4, -0.2) is 38.1 Å². The van der Waals surface area contributed by atoms with E-state index in [1.165, 1.54) is 30.5 Å². The summed E-state index contributed by atoms with van der Waals surface area (Å²) >= 11 is 0. The number of halogens is 4. The first-order chi connectivity index (χ1) is 17.1. The van der Waals surface area contributed by atoms with Gasteiger partial charge in [-0.05, 0) is 53.6 Å². The molecule has 0 spiro atoms. The lowest BCUT2D eigenvalue weighted by Crippen LogP contribution is -2.16. The Balaban J connectivity index is 1.54. The average molecular weight is 502 g/mol. The van der Waals surface area contributed by atoms with E-state index in [9.17, 15) is 27.2 Å². The van der Waals surface area contributed by atoms with Crippen molar-refractivity contribution in [2.45, 2.75) is 19.5 Å². The molecule has 0 fully saturated rings. The molecular weight excluding hydrogens is 484 g/mol. The van der Waals surface area contributed by atoms with E-state index in [-0.39, 0.29) is 35.0 Å². The summed E-state index contributed by atoms with van der Waals surface area (Å²) in [6.45, 7) is 1.99. The fourth-order valence-corrected chi connectivity index (χ4v) is 3.42. The molecule has 2 heterocycles. The maximum atomic E-state index is 14.8. The van der Waals surface area contributed by atoms with E-state index in [0.29, 0.717) is 11.1 Å². The summed E-state index contributed by atoms with van der Waals surface area (Å²) in [6, 6.07) is 8.42.